The molecule has 2 aromatic rings. The third kappa shape index (κ3) is 2.63. The minimum Gasteiger partial charge on any atom is -0.329 e. The van der Waals surface area contributed by atoms with Crippen molar-refractivity contribution in [3.05, 3.63) is 47.4 Å². The van der Waals surface area contributed by atoms with E-state index in [1.807, 2.05) is 13.0 Å². The normalized spacial score (nSPS) is 16.4. The molecule has 1 aromatic carbocycles. The number of rotatable bonds is 2. The Kier molecular flexibility index (Phi) is 4.29. The zero-order chi connectivity index (χ0) is 13.4. The Balaban J connectivity index is 0.00000147. The molecule has 0 bridgehead atoms. The van der Waals surface area contributed by atoms with Gasteiger partial charge in [0.2, 0.25) is 0 Å². The van der Waals surface area contributed by atoms with E-state index in [1.54, 1.807) is 0 Å². The van der Waals surface area contributed by atoms with Crippen LogP contribution in [0.1, 0.15) is 24.0 Å². The number of fused-ring (bicyclic) bond motifs is 1. The fourth-order valence-corrected chi connectivity index (χ4v) is 2.82. The van der Waals surface area contributed by atoms with Crippen LogP contribution in [-0.4, -0.2) is 17.0 Å². The van der Waals surface area contributed by atoms with Crippen molar-refractivity contribution in [2.45, 2.75) is 26.7 Å². The maximum absolute atomic E-state index is 4.67. The van der Waals surface area contributed by atoms with E-state index >= 15 is 0 Å². The smallest absolute Gasteiger partial charge is 0.139 e. The zero-order valence-corrected chi connectivity index (χ0v) is 12.9. The van der Waals surface area contributed by atoms with Gasteiger partial charge in [-0.05, 0) is 37.8 Å². The van der Waals surface area contributed by atoms with Crippen molar-refractivity contribution in [2.75, 3.05) is 11.9 Å². The van der Waals surface area contributed by atoms with Crippen molar-refractivity contribution in [2.24, 2.45) is 5.92 Å². The van der Waals surface area contributed by atoms with Crippen molar-refractivity contribution >= 4 is 23.9 Å². The van der Waals surface area contributed by atoms with E-state index in [2.05, 4.69) is 53.1 Å². The molecule has 1 unspecified atom stereocenters. The molecule has 0 fully saturated rings. The van der Waals surface area contributed by atoms with Gasteiger partial charge in [-0.1, -0.05) is 25.1 Å². The molecule has 1 heterocycles. The van der Waals surface area contributed by atoms with E-state index in [0.717, 1.165) is 24.5 Å². The summed E-state index contributed by atoms with van der Waals surface area (Å²) in [4.78, 5) is 11.4. The summed E-state index contributed by atoms with van der Waals surface area (Å²) in [5.74, 6) is 2.61. The molecule has 106 valence electrons. The maximum Gasteiger partial charge on any atom is 0.139 e. The summed E-state index contributed by atoms with van der Waals surface area (Å²) in [6.07, 6.45) is 2.16. The van der Waals surface area contributed by atoms with E-state index in [4.69, 9.17) is 0 Å². The van der Waals surface area contributed by atoms with Gasteiger partial charge in [-0.3, -0.25) is 0 Å². The van der Waals surface area contributed by atoms with Gasteiger partial charge >= 0.3 is 0 Å². The fourth-order valence-electron chi connectivity index (χ4n) is 2.82. The number of aromatic nitrogens is 2. The van der Waals surface area contributed by atoms with Crippen molar-refractivity contribution in [1.29, 1.82) is 0 Å². The first-order chi connectivity index (χ1) is 9.15. The van der Waals surface area contributed by atoms with E-state index in [1.165, 1.54) is 16.9 Å². The minimum atomic E-state index is 0. The van der Waals surface area contributed by atoms with Crippen molar-refractivity contribution in [3.63, 3.8) is 0 Å². The number of hydrogen-bond acceptors (Lipinski definition) is 3. The molecule has 4 heteroatoms. The molecule has 1 aromatic heterocycles. The van der Waals surface area contributed by atoms with Gasteiger partial charge in [-0.25, -0.2) is 9.97 Å². The quantitative estimate of drug-likeness (QED) is 0.844. The van der Waals surface area contributed by atoms with Crippen LogP contribution in [0, 0.1) is 12.8 Å². The number of benzene rings is 1. The lowest BCUT2D eigenvalue weighted by Crippen LogP contribution is -2.15. The summed E-state index contributed by atoms with van der Waals surface area (Å²) < 4.78 is 0. The Morgan fingerprint density at radius 2 is 1.80 bits per heavy atom. The van der Waals surface area contributed by atoms with Gasteiger partial charge in [-0.15, -0.1) is 12.4 Å². The monoisotopic (exact) mass is 289 g/mol. The number of anilines is 2. The molecular formula is C16H20ClN3. The lowest BCUT2D eigenvalue weighted by molar-refractivity contribution is 0.623. The van der Waals surface area contributed by atoms with Crippen LogP contribution >= 0.6 is 12.4 Å². The van der Waals surface area contributed by atoms with Gasteiger partial charge in [0.1, 0.15) is 11.6 Å². The molecule has 0 amide bonds. The van der Waals surface area contributed by atoms with Crippen LogP contribution in [-0.2, 0) is 12.8 Å². The van der Waals surface area contributed by atoms with Crippen LogP contribution in [0.2, 0.25) is 0 Å². The third-order valence-electron chi connectivity index (χ3n) is 3.74. The Hall–Kier alpha value is -1.61. The van der Waals surface area contributed by atoms with Gasteiger partial charge in [-0.2, -0.15) is 0 Å². The molecule has 0 radical (unpaired) electrons. The predicted octanol–water partition coefficient (Wildman–Crippen LogP) is 3.71. The van der Waals surface area contributed by atoms with Crippen molar-refractivity contribution in [1.82, 2.24) is 9.97 Å². The molecule has 20 heavy (non-hydrogen) atoms. The number of halogens is 1. The Morgan fingerprint density at radius 3 is 2.50 bits per heavy atom. The van der Waals surface area contributed by atoms with Gasteiger partial charge in [0.25, 0.3) is 0 Å². The fraction of sp³-hybridized carbons (Fsp3) is 0.375. The second-order valence-corrected chi connectivity index (χ2v) is 5.43. The SMILES string of the molecule is Cc1nc2c(c(N(C)c3ccccc3)n1)CC(C)C2.Cl. The largest absolute Gasteiger partial charge is 0.329 e. The average Bonchev–Trinajstić information content (AvgIpc) is 2.78. The molecule has 0 N–H and O–H groups in total. The van der Waals surface area contributed by atoms with Crippen molar-refractivity contribution in [3.8, 4) is 0 Å². The summed E-state index contributed by atoms with van der Waals surface area (Å²) in [6, 6.07) is 10.4. The number of aryl methyl sites for hydroxylation is 1. The first-order valence-corrected chi connectivity index (χ1v) is 6.80. The van der Waals surface area contributed by atoms with Crippen LogP contribution in [0.25, 0.3) is 0 Å². The van der Waals surface area contributed by atoms with Crippen LogP contribution in [0.15, 0.2) is 30.3 Å². The van der Waals surface area contributed by atoms with Crippen molar-refractivity contribution < 1.29 is 0 Å². The summed E-state index contributed by atoms with van der Waals surface area (Å²) in [7, 11) is 2.08. The lowest BCUT2D eigenvalue weighted by atomic mass is 10.1. The molecule has 1 aliphatic carbocycles. The van der Waals surface area contributed by atoms with Gasteiger partial charge in [0.15, 0.2) is 0 Å². The summed E-state index contributed by atoms with van der Waals surface area (Å²) >= 11 is 0. The van der Waals surface area contributed by atoms with E-state index in [9.17, 15) is 0 Å². The summed E-state index contributed by atoms with van der Waals surface area (Å²) in [6.45, 7) is 4.26. The van der Waals surface area contributed by atoms with Crippen LogP contribution in [0.4, 0.5) is 11.5 Å². The molecule has 0 saturated heterocycles. The molecule has 1 aliphatic rings. The number of nitrogens with zero attached hydrogens (tertiary/aromatic N) is 3. The highest BCUT2D eigenvalue weighted by molar-refractivity contribution is 5.85. The third-order valence-corrected chi connectivity index (χ3v) is 3.74. The highest BCUT2D eigenvalue weighted by atomic mass is 35.5. The van der Waals surface area contributed by atoms with Crippen LogP contribution in [0.3, 0.4) is 0 Å². The number of hydrogen-bond donors (Lipinski definition) is 0. The Morgan fingerprint density at radius 1 is 1.10 bits per heavy atom. The second kappa shape index (κ2) is 5.80. The summed E-state index contributed by atoms with van der Waals surface area (Å²) in [5, 5.41) is 0. The molecular weight excluding hydrogens is 270 g/mol. The topological polar surface area (TPSA) is 29.0 Å². The molecule has 0 spiro atoms. The molecule has 3 rings (SSSR count). The van der Waals surface area contributed by atoms with Crippen LogP contribution in [0.5, 0.6) is 0 Å². The van der Waals surface area contributed by atoms with Gasteiger partial charge < -0.3 is 4.90 Å². The van der Waals surface area contributed by atoms with E-state index < -0.39 is 0 Å². The van der Waals surface area contributed by atoms with Gasteiger partial charge in [0.05, 0.1) is 0 Å². The lowest BCUT2D eigenvalue weighted by Gasteiger charge is -2.21. The van der Waals surface area contributed by atoms with E-state index in [-0.39, 0.29) is 12.4 Å². The Bertz CT molecular complexity index is 598. The zero-order valence-electron chi connectivity index (χ0n) is 12.1. The molecule has 0 saturated carbocycles. The first-order valence-electron chi connectivity index (χ1n) is 6.80. The van der Waals surface area contributed by atoms with Gasteiger partial charge in [0, 0.05) is 24.0 Å². The summed E-state index contributed by atoms with van der Waals surface area (Å²) in [5.41, 5.74) is 3.73. The van der Waals surface area contributed by atoms with E-state index in [0.29, 0.717) is 5.92 Å². The first kappa shape index (κ1) is 14.8. The van der Waals surface area contributed by atoms with Crippen LogP contribution < -0.4 is 4.90 Å². The maximum atomic E-state index is 4.67. The Labute approximate surface area is 126 Å². The molecule has 1 atom stereocenters. The highest BCUT2D eigenvalue weighted by Crippen LogP contribution is 2.34. The average molecular weight is 290 g/mol. The molecule has 0 aliphatic heterocycles. The minimum absolute atomic E-state index is 0. The predicted molar refractivity (Wildman–Crippen MR) is 85.1 cm³/mol. The standard InChI is InChI=1S/C16H19N3.ClH/c1-11-9-14-15(10-11)17-12(2)18-16(14)19(3)13-7-5-4-6-8-13;/h4-8,11H,9-10H2,1-3H3;1H. The molecule has 3 nitrogen and oxygen atoms in total. The second-order valence-electron chi connectivity index (χ2n) is 5.43. The number of para-hydroxylation sites is 1. The highest BCUT2D eigenvalue weighted by Gasteiger charge is 2.25.